The molecule has 178 valence electrons. The average molecular weight is 490 g/mol. The molecule has 13 heteroatoms. The second-order valence-corrected chi connectivity index (χ2v) is 9.36. The molecule has 4 aromatic rings. The summed E-state index contributed by atoms with van der Waals surface area (Å²) in [6.07, 6.45) is -2.13. The molecule has 0 saturated carbocycles. The maximum atomic E-state index is 14.2. The van der Waals surface area contributed by atoms with Gasteiger partial charge in [0.15, 0.2) is 29.3 Å². The lowest BCUT2D eigenvalue weighted by Crippen LogP contribution is -2.29. The Morgan fingerprint density at radius 1 is 1.12 bits per heavy atom. The van der Waals surface area contributed by atoms with Crippen LogP contribution in [0.5, 0.6) is 0 Å². The smallest absolute Gasteiger partial charge is 0.248 e. The Morgan fingerprint density at radius 3 is 2.62 bits per heavy atom. The van der Waals surface area contributed by atoms with Crippen molar-refractivity contribution in [3.05, 3.63) is 53.5 Å². The summed E-state index contributed by atoms with van der Waals surface area (Å²) in [4.78, 5) is 12.7. The highest BCUT2D eigenvalue weighted by molar-refractivity contribution is 6.30. The molecule has 4 atom stereocenters. The molecule has 3 aromatic heterocycles. The first kappa shape index (κ1) is 22.6. The molecule has 4 heterocycles. The molecular formula is C21H21ClFN7O4. The van der Waals surface area contributed by atoms with E-state index < -0.39 is 35.8 Å². The van der Waals surface area contributed by atoms with E-state index in [4.69, 9.17) is 20.8 Å². The zero-order valence-corrected chi connectivity index (χ0v) is 19.1. The van der Waals surface area contributed by atoms with Crippen LogP contribution in [0.3, 0.4) is 0 Å². The normalized spacial score (nSPS) is 23.0. The summed E-state index contributed by atoms with van der Waals surface area (Å²) in [6, 6.07) is 4.19. The quantitative estimate of drug-likeness (QED) is 0.391. The molecule has 1 aromatic carbocycles. The van der Waals surface area contributed by atoms with Gasteiger partial charge in [0, 0.05) is 10.4 Å². The number of hydrogen-bond acceptors (Lipinski definition) is 10. The van der Waals surface area contributed by atoms with Gasteiger partial charge in [0.25, 0.3) is 0 Å². The van der Waals surface area contributed by atoms with Crippen LogP contribution < -0.4 is 5.32 Å². The van der Waals surface area contributed by atoms with Crippen molar-refractivity contribution in [2.75, 3.05) is 5.32 Å². The first-order valence-electron chi connectivity index (χ1n) is 10.4. The van der Waals surface area contributed by atoms with Gasteiger partial charge in [-0.05, 0) is 18.2 Å². The summed E-state index contributed by atoms with van der Waals surface area (Å²) in [6.45, 7) is 5.73. The molecule has 5 rings (SSSR count). The van der Waals surface area contributed by atoms with E-state index in [1.165, 1.54) is 35.4 Å². The lowest BCUT2D eigenvalue weighted by Gasteiger charge is -2.16. The summed E-state index contributed by atoms with van der Waals surface area (Å²) < 4.78 is 27.3. The van der Waals surface area contributed by atoms with Crippen LogP contribution in [0, 0.1) is 5.82 Å². The first-order valence-corrected chi connectivity index (χ1v) is 10.8. The number of imidazole rings is 1. The summed E-state index contributed by atoms with van der Waals surface area (Å²) in [5, 5.41) is 32.5. The third-order valence-corrected chi connectivity index (χ3v) is 5.62. The van der Waals surface area contributed by atoms with Gasteiger partial charge < -0.3 is 24.7 Å². The molecule has 1 aliphatic heterocycles. The fourth-order valence-corrected chi connectivity index (χ4v) is 3.75. The fourth-order valence-electron chi connectivity index (χ4n) is 3.59. The Hall–Kier alpha value is -3.19. The maximum Gasteiger partial charge on any atom is 0.248 e. The van der Waals surface area contributed by atoms with E-state index in [-0.39, 0.29) is 22.4 Å². The molecule has 0 spiro atoms. The third-order valence-electron chi connectivity index (χ3n) is 5.38. The zero-order chi connectivity index (χ0) is 24.2. The van der Waals surface area contributed by atoms with Crippen molar-refractivity contribution in [3.63, 3.8) is 0 Å². The lowest BCUT2D eigenvalue weighted by atomic mass is 9.97. The number of ether oxygens (including phenoxy) is 1. The van der Waals surface area contributed by atoms with Crippen molar-refractivity contribution >= 4 is 34.3 Å². The van der Waals surface area contributed by atoms with Crippen LogP contribution in [0.2, 0.25) is 5.02 Å². The number of aliphatic hydroxyl groups excluding tert-OH is 2. The molecule has 11 nitrogen and oxygen atoms in total. The van der Waals surface area contributed by atoms with Crippen LogP contribution >= 0.6 is 11.6 Å². The van der Waals surface area contributed by atoms with Gasteiger partial charge in [0.05, 0.1) is 12.0 Å². The number of rotatable bonds is 4. The van der Waals surface area contributed by atoms with Gasteiger partial charge in [-0.15, -0.1) is 10.2 Å². The molecule has 0 radical (unpaired) electrons. The number of halogens is 2. The molecule has 3 N–H and O–H groups in total. The van der Waals surface area contributed by atoms with Crippen molar-refractivity contribution in [2.24, 2.45) is 0 Å². The summed E-state index contributed by atoms with van der Waals surface area (Å²) >= 11 is 5.81. The van der Waals surface area contributed by atoms with Crippen LogP contribution in [0.4, 0.5) is 15.9 Å². The molecule has 1 aliphatic rings. The number of hydrogen-bond donors (Lipinski definition) is 3. The van der Waals surface area contributed by atoms with Crippen molar-refractivity contribution in [3.8, 4) is 0 Å². The number of anilines is 2. The number of nitrogens with zero attached hydrogens (tertiary/aromatic N) is 6. The zero-order valence-electron chi connectivity index (χ0n) is 18.3. The largest absolute Gasteiger partial charge is 0.422 e. The van der Waals surface area contributed by atoms with E-state index in [1.54, 1.807) is 0 Å². The Balaban J connectivity index is 1.45. The SMILES string of the molecule is CC(C)(C)c1nnc([C@H]2O[C@@H](n3cnc4c(Nc5ccc(Cl)cc5F)ncnc43)C(O)C2O)o1. The van der Waals surface area contributed by atoms with E-state index >= 15 is 0 Å². The number of nitrogens with one attached hydrogen (secondary N) is 1. The highest BCUT2D eigenvalue weighted by Gasteiger charge is 2.48. The Morgan fingerprint density at radius 2 is 1.91 bits per heavy atom. The van der Waals surface area contributed by atoms with Gasteiger partial charge in [-0.3, -0.25) is 4.57 Å². The molecule has 0 aliphatic carbocycles. The van der Waals surface area contributed by atoms with Gasteiger partial charge in [0.1, 0.15) is 24.4 Å². The molecule has 1 saturated heterocycles. The minimum Gasteiger partial charge on any atom is -0.422 e. The number of fused-ring (bicyclic) bond motifs is 1. The van der Waals surface area contributed by atoms with E-state index in [0.717, 1.165) is 0 Å². The summed E-state index contributed by atoms with van der Waals surface area (Å²) in [7, 11) is 0. The molecule has 0 bridgehead atoms. The molecular weight excluding hydrogens is 469 g/mol. The van der Waals surface area contributed by atoms with Crippen molar-refractivity contribution in [1.82, 2.24) is 29.7 Å². The predicted octanol–water partition coefficient (Wildman–Crippen LogP) is 3.03. The first-order chi connectivity index (χ1) is 16.1. The highest BCUT2D eigenvalue weighted by atomic mass is 35.5. The monoisotopic (exact) mass is 489 g/mol. The average Bonchev–Trinajstić information content (AvgIpc) is 3.49. The molecule has 0 amide bonds. The van der Waals surface area contributed by atoms with E-state index in [0.29, 0.717) is 17.1 Å². The summed E-state index contributed by atoms with van der Waals surface area (Å²) in [5.74, 6) is 0.107. The van der Waals surface area contributed by atoms with E-state index in [9.17, 15) is 14.6 Å². The fraction of sp³-hybridized carbons (Fsp3) is 0.381. The number of aliphatic hydroxyl groups is 2. The van der Waals surface area contributed by atoms with Crippen LogP contribution in [0.15, 0.2) is 35.3 Å². The van der Waals surface area contributed by atoms with Crippen molar-refractivity contribution in [2.45, 2.75) is 50.7 Å². The van der Waals surface area contributed by atoms with Crippen LogP contribution in [-0.4, -0.2) is 52.1 Å². The number of aromatic nitrogens is 6. The minimum absolute atomic E-state index is 0.0543. The van der Waals surface area contributed by atoms with Crippen LogP contribution in [0.1, 0.15) is 44.9 Å². The summed E-state index contributed by atoms with van der Waals surface area (Å²) in [5.41, 5.74) is 0.359. The highest BCUT2D eigenvalue weighted by Crippen LogP contribution is 2.40. The topological polar surface area (TPSA) is 144 Å². The van der Waals surface area contributed by atoms with Gasteiger partial charge in [-0.25, -0.2) is 19.3 Å². The minimum atomic E-state index is -1.34. The van der Waals surface area contributed by atoms with Crippen molar-refractivity contribution < 1.29 is 23.8 Å². The second-order valence-electron chi connectivity index (χ2n) is 8.92. The number of benzene rings is 1. The molecule has 1 fully saturated rings. The van der Waals surface area contributed by atoms with Gasteiger partial charge >= 0.3 is 0 Å². The Labute approximate surface area is 197 Å². The predicted molar refractivity (Wildman–Crippen MR) is 118 cm³/mol. The van der Waals surface area contributed by atoms with Gasteiger partial charge in [-0.2, -0.15) is 0 Å². The second kappa shape index (κ2) is 8.24. The lowest BCUT2D eigenvalue weighted by molar-refractivity contribution is -0.0441. The third kappa shape index (κ3) is 3.88. The Bertz CT molecular complexity index is 1350. The van der Waals surface area contributed by atoms with Gasteiger partial charge in [0.2, 0.25) is 11.8 Å². The van der Waals surface area contributed by atoms with Crippen molar-refractivity contribution in [1.29, 1.82) is 0 Å². The standard InChI is InChI=1S/C21H21ClFN7O4/c1-21(2,3)20-29-28-18(34-20)15-13(31)14(32)19(33-15)30-8-26-12-16(24-7-25-17(12)30)27-11-5-4-9(22)6-10(11)23/h4-8,13-15,19,31-32H,1-3H3,(H,24,25,27)/t13?,14?,15-,19+/m0/s1. The molecule has 34 heavy (non-hydrogen) atoms. The van der Waals surface area contributed by atoms with Crippen LogP contribution in [0.25, 0.3) is 11.2 Å². The Kier molecular flexibility index (Phi) is 5.47. The molecule has 2 unspecified atom stereocenters. The van der Waals surface area contributed by atoms with E-state index in [1.807, 2.05) is 20.8 Å². The van der Waals surface area contributed by atoms with Gasteiger partial charge in [-0.1, -0.05) is 32.4 Å². The van der Waals surface area contributed by atoms with Crippen LogP contribution in [-0.2, 0) is 10.2 Å². The van der Waals surface area contributed by atoms with E-state index in [2.05, 4.69) is 30.5 Å². The maximum absolute atomic E-state index is 14.2.